The first kappa shape index (κ1) is 24.7. The number of carboxylic acids is 1. The summed E-state index contributed by atoms with van der Waals surface area (Å²) >= 11 is 0. The maximum absolute atomic E-state index is 12.7. The Hall–Kier alpha value is -2.60. The Bertz CT molecular complexity index is 947. The van der Waals surface area contributed by atoms with E-state index in [1.165, 1.54) is 12.1 Å². The van der Waals surface area contributed by atoms with Gasteiger partial charge >= 0.3 is 11.9 Å². The molecule has 31 heavy (non-hydrogen) atoms. The van der Waals surface area contributed by atoms with Crippen LogP contribution in [0.2, 0.25) is 18.1 Å². The summed E-state index contributed by atoms with van der Waals surface area (Å²) in [6.45, 7) is 17.4. The average molecular weight is 443 g/mol. The zero-order valence-electron chi connectivity index (χ0n) is 19.8. The first-order valence-electron chi connectivity index (χ1n) is 10.4. The Morgan fingerprint density at radius 2 is 1.45 bits per heavy atom. The van der Waals surface area contributed by atoms with Crippen LogP contribution in [-0.2, 0) is 16.8 Å². The molecule has 168 valence electrons. The van der Waals surface area contributed by atoms with Crippen molar-refractivity contribution < 1.29 is 23.9 Å². The molecule has 5 nitrogen and oxygen atoms in total. The van der Waals surface area contributed by atoms with E-state index < -0.39 is 20.3 Å². The smallest absolute Gasteiger partial charge is 0.338 e. The second kappa shape index (κ2) is 8.87. The van der Waals surface area contributed by atoms with Crippen LogP contribution in [0.4, 0.5) is 0 Å². The molecule has 0 saturated heterocycles. The normalized spacial score (nSPS) is 12.4. The third kappa shape index (κ3) is 6.20. The highest BCUT2D eigenvalue weighted by Gasteiger charge is 2.40. The molecule has 0 aliphatic rings. The van der Waals surface area contributed by atoms with E-state index in [9.17, 15) is 9.59 Å². The zero-order chi connectivity index (χ0) is 23.6. The molecule has 0 fully saturated rings. The van der Waals surface area contributed by atoms with Crippen LogP contribution >= 0.6 is 0 Å². The third-order valence-corrected chi connectivity index (χ3v) is 10.1. The minimum atomic E-state index is -2.03. The number of hydrogen-bond donors (Lipinski definition) is 1. The lowest BCUT2D eigenvalue weighted by atomic mass is 9.85. The zero-order valence-corrected chi connectivity index (χ0v) is 20.8. The minimum Gasteiger partial charge on any atom is -0.543 e. The van der Waals surface area contributed by atoms with Crippen LogP contribution in [0.3, 0.4) is 0 Å². The van der Waals surface area contributed by atoms with Crippen LogP contribution in [0.1, 0.15) is 73.4 Å². The van der Waals surface area contributed by atoms with Crippen molar-refractivity contribution in [3.8, 4) is 5.75 Å². The molecular weight excluding hydrogens is 408 g/mol. The number of ether oxygens (including phenoxy) is 1. The van der Waals surface area contributed by atoms with E-state index in [0.29, 0.717) is 5.56 Å². The van der Waals surface area contributed by atoms with Crippen molar-refractivity contribution in [3.05, 3.63) is 64.7 Å². The fraction of sp³-hybridized carbons (Fsp3) is 0.440. The maximum Gasteiger partial charge on any atom is 0.338 e. The highest BCUT2D eigenvalue weighted by molar-refractivity contribution is 6.74. The van der Waals surface area contributed by atoms with E-state index in [2.05, 4.69) is 54.6 Å². The van der Waals surface area contributed by atoms with E-state index in [0.717, 1.165) is 16.9 Å². The quantitative estimate of drug-likeness (QED) is 0.412. The Kier molecular flexibility index (Phi) is 7.06. The Morgan fingerprint density at radius 3 is 1.94 bits per heavy atom. The molecule has 0 amide bonds. The van der Waals surface area contributed by atoms with E-state index in [-0.39, 0.29) is 22.6 Å². The number of rotatable bonds is 6. The summed E-state index contributed by atoms with van der Waals surface area (Å²) in [5, 5.41) is 9.04. The summed E-state index contributed by atoms with van der Waals surface area (Å²) in [6, 6.07) is 11.8. The molecule has 2 aromatic carbocycles. The lowest BCUT2D eigenvalue weighted by Gasteiger charge is -2.38. The van der Waals surface area contributed by atoms with Gasteiger partial charge in [0.25, 0.3) is 0 Å². The van der Waals surface area contributed by atoms with Gasteiger partial charge in [-0.15, -0.1) is 0 Å². The molecule has 6 heteroatoms. The van der Waals surface area contributed by atoms with Crippen molar-refractivity contribution in [3.63, 3.8) is 0 Å². The van der Waals surface area contributed by atoms with Crippen LogP contribution in [0, 0.1) is 0 Å². The van der Waals surface area contributed by atoms with Crippen LogP contribution in [0.15, 0.2) is 42.5 Å². The Balaban J connectivity index is 2.23. The molecule has 0 spiro atoms. The highest BCUT2D eigenvalue weighted by atomic mass is 28.4. The second-order valence-corrected chi connectivity index (χ2v) is 15.1. The lowest BCUT2D eigenvalue weighted by Crippen LogP contribution is -2.44. The fourth-order valence-electron chi connectivity index (χ4n) is 2.74. The van der Waals surface area contributed by atoms with Crippen LogP contribution in [0.25, 0.3) is 0 Å². The van der Waals surface area contributed by atoms with Crippen molar-refractivity contribution in [2.75, 3.05) is 0 Å². The Labute approximate surface area is 186 Å². The third-order valence-electron chi connectivity index (χ3n) is 5.77. The molecule has 0 aromatic heterocycles. The molecule has 0 saturated carbocycles. The van der Waals surface area contributed by atoms with Crippen LogP contribution in [-0.4, -0.2) is 25.4 Å². The first-order chi connectivity index (χ1) is 14.1. The number of carbonyl (C=O) groups is 2. The summed E-state index contributed by atoms with van der Waals surface area (Å²) in [5.74, 6) is -0.593. The standard InChI is InChI=1S/C25H34O5Si/c1-24(2,3)20-15-19(13-14-21(20)30-31(7,8)25(4,5)6)23(28)29-16-17-9-11-18(12-10-17)22(26)27/h9-15H,16H2,1-8H3,(H,26,27). The predicted octanol–water partition coefficient (Wildman–Crippen LogP) is 6.42. The molecule has 0 atom stereocenters. The lowest BCUT2D eigenvalue weighted by molar-refractivity contribution is 0.0471. The van der Waals surface area contributed by atoms with Gasteiger partial charge in [0.15, 0.2) is 0 Å². The SMILES string of the molecule is CC(C)(C)c1cc(C(=O)OCc2ccc(C(=O)O)cc2)ccc1O[Si](C)(C)C(C)(C)C. The van der Waals surface area contributed by atoms with Gasteiger partial charge < -0.3 is 14.3 Å². The van der Waals surface area contributed by atoms with Gasteiger partial charge in [0.2, 0.25) is 8.32 Å². The number of carbonyl (C=O) groups excluding carboxylic acids is 1. The van der Waals surface area contributed by atoms with Crippen LogP contribution < -0.4 is 4.43 Å². The maximum atomic E-state index is 12.7. The van der Waals surface area contributed by atoms with E-state index in [1.54, 1.807) is 18.2 Å². The largest absolute Gasteiger partial charge is 0.543 e. The Morgan fingerprint density at radius 1 is 0.903 bits per heavy atom. The van der Waals surface area contributed by atoms with Crippen molar-refractivity contribution in [1.82, 2.24) is 0 Å². The topological polar surface area (TPSA) is 72.8 Å². The molecule has 0 aliphatic heterocycles. The van der Waals surface area contributed by atoms with Crippen molar-refractivity contribution >= 4 is 20.3 Å². The van der Waals surface area contributed by atoms with Gasteiger partial charge in [-0.05, 0) is 65.0 Å². The van der Waals surface area contributed by atoms with Crippen molar-refractivity contribution in [1.29, 1.82) is 0 Å². The molecule has 0 radical (unpaired) electrons. The molecule has 0 heterocycles. The van der Waals surface area contributed by atoms with Gasteiger partial charge in [0.1, 0.15) is 12.4 Å². The van der Waals surface area contributed by atoms with Crippen molar-refractivity contribution in [2.24, 2.45) is 0 Å². The summed E-state index contributed by atoms with van der Waals surface area (Å²) in [5.41, 5.74) is 2.16. The number of aromatic carboxylic acids is 1. The predicted molar refractivity (Wildman–Crippen MR) is 125 cm³/mol. The number of hydrogen-bond acceptors (Lipinski definition) is 4. The van der Waals surface area contributed by atoms with E-state index in [1.807, 2.05) is 12.1 Å². The minimum absolute atomic E-state index is 0.0654. The number of carboxylic acid groups (broad SMARTS) is 1. The van der Waals surface area contributed by atoms with Gasteiger partial charge in [-0.3, -0.25) is 0 Å². The monoisotopic (exact) mass is 442 g/mol. The molecule has 2 aromatic rings. The fourth-order valence-corrected chi connectivity index (χ4v) is 3.77. The first-order valence-corrected chi connectivity index (χ1v) is 13.4. The summed E-state index contributed by atoms with van der Waals surface area (Å²) in [4.78, 5) is 23.6. The van der Waals surface area contributed by atoms with Gasteiger partial charge in [-0.25, -0.2) is 9.59 Å². The number of benzene rings is 2. The average Bonchev–Trinajstić information content (AvgIpc) is 2.64. The van der Waals surface area contributed by atoms with Gasteiger partial charge in [-0.2, -0.15) is 0 Å². The van der Waals surface area contributed by atoms with E-state index in [4.69, 9.17) is 14.3 Å². The summed E-state index contributed by atoms with van der Waals surface area (Å²) < 4.78 is 12.0. The number of esters is 1. The molecule has 1 N–H and O–H groups in total. The van der Waals surface area contributed by atoms with Crippen molar-refractivity contribution in [2.45, 2.75) is 71.7 Å². The molecular formula is C25H34O5Si. The summed E-state index contributed by atoms with van der Waals surface area (Å²) in [6.07, 6.45) is 0. The van der Waals surface area contributed by atoms with Gasteiger partial charge in [0, 0.05) is 0 Å². The summed E-state index contributed by atoms with van der Waals surface area (Å²) in [7, 11) is -2.03. The molecule has 2 rings (SSSR count). The molecule has 0 aliphatic carbocycles. The van der Waals surface area contributed by atoms with E-state index >= 15 is 0 Å². The molecule has 0 unspecified atom stereocenters. The van der Waals surface area contributed by atoms with Gasteiger partial charge in [0.05, 0.1) is 11.1 Å². The second-order valence-electron chi connectivity index (χ2n) is 10.4. The van der Waals surface area contributed by atoms with Crippen LogP contribution in [0.5, 0.6) is 5.75 Å². The van der Waals surface area contributed by atoms with Gasteiger partial charge in [-0.1, -0.05) is 53.7 Å². The molecule has 0 bridgehead atoms. The highest BCUT2D eigenvalue weighted by Crippen LogP contribution is 2.40.